The van der Waals surface area contributed by atoms with Crippen LogP contribution >= 0.6 is 0 Å². The maximum absolute atomic E-state index is 12.3. The predicted octanol–water partition coefficient (Wildman–Crippen LogP) is 0.667. The van der Waals surface area contributed by atoms with Crippen LogP contribution in [0.3, 0.4) is 0 Å². The van der Waals surface area contributed by atoms with Gasteiger partial charge in [-0.1, -0.05) is 0 Å². The van der Waals surface area contributed by atoms with Gasteiger partial charge in [0, 0.05) is 25.7 Å². The zero-order chi connectivity index (χ0) is 13.7. The van der Waals surface area contributed by atoms with E-state index in [1.165, 1.54) is 4.31 Å². The lowest BCUT2D eigenvalue weighted by atomic mass is 9.80. The van der Waals surface area contributed by atoms with Crippen molar-refractivity contribution in [2.24, 2.45) is 5.41 Å². The van der Waals surface area contributed by atoms with Crippen molar-refractivity contribution in [2.45, 2.75) is 45.4 Å². The number of likely N-dealkylation sites (tertiary alicyclic amines) is 1. The average molecular weight is 274 g/mol. The summed E-state index contributed by atoms with van der Waals surface area (Å²) in [6, 6.07) is 0.202. The molecule has 0 aromatic carbocycles. The minimum atomic E-state index is -3.20. The Morgan fingerprint density at radius 2 is 1.72 bits per heavy atom. The van der Waals surface area contributed by atoms with E-state index >= 15 is 0 Å². The van der Waals surface area contributed by atoms with Gasteiger partial charge in [0.1, 0.15) is 0 Å². The summed E-state index contributed by atoms with van der Waals surface area (Å²) in [5.74, 6) is 0.132. The summed E-state index contributed by atoms with van der Waals surface area (Å²) >= 11 is 0. The zero-order valence-electron chi connectivity index (χ0n) is 11.5. The Bertz CT molecular complexity index is 450. The number of hydrogen-bond donors (Lipinski definition) is 0. The second kappa shape index (κ2) is 4.20. The Balaban J connectivity index is 2.07. The van der Waals surface area contributed by atoms with Gasteiger partial charge in [0.05, 0.1) is 10.7 Å². The number of sulfonamides is 1. The highest BCUT2D eigenvalue weighted by atomic mass is 32.2. The fourth-order valence-corrected chi connectivity index (χ4v) is 4.19. The van der Waals surface area contributed by atoms with E-state index in [9.17, 15) is 13.2 Å². The number of amides is 1. The highest BCUT2D eigenvalue weighted by Gasteiger charge is 2.58. The van der Waals surface area contributed by atoms with Gasteiger partial charge in [0.15, 0.2) is 0 Å². The van der Waals surface area contributed by atoms with Crippen molar-refractivity contribution in [1.82, 2.24) is 9.21 Å². The smallest absolute Gasteiger partial charge is 0.231 e. The maximum atomic E-state index is 12.3. The molecule has 1 spiro atoms. The van der Waals surface area contributed by atoms with Crippen LogP contribution in [0.4, 0.5) is 0 Å². The lowest BCUT2D eigenvalue weighted by Crippen LogP contribution is -2.62. The predicted molar refractivity (Wildman–Crippen MR) is 69.5 cm³/mol. The van der Waals surface area contributed by atoms with E-state index in [-0.39, 0.29) is 11.9 Å². The third kappa shape index (κ3) is 1.86. The van der Waals surface area contributed by atoms with Crippen molar-refractivity contribution in [3.63, 3.8) is 0 Å². The molecule has 0 aliphatic carbocycles. The summed E-state index contributed by atoms with van der Waals surface area (Å²) in [4.78, 5) is 14.2. The fourth-order valence-electron chi connectivity index (χ4n) is 2.74. The van der Waals surface area contributed by atoms with Gasteiger partial charge in [0.2, 0.25) is 15.9 Å². The quantitative estimate of drug-likeness (QED) is 0.760. The van der Waals surface area contributed by atoms with Gasteiger partial charge in [-0.2, -0.15) is 4.31 Å². The highest BCUT2D eigenvalue weighted by Crippen LogP contribution is 2.43. The Labute approximate surface area is 109 Å². The van der Waals surface area contributed by atoms with E-state index in [1.807, 2.05) is 18.7 Å². The van der Waals surface area contributed by atoms with E-state index in [4.69, 9.17) is 0 Å². The third-order valence-corrected chi connectivity index (χ3v) is 6.25. The number of nitrogens with zero attached hydrogens (tertiary/aromatic N) is 2. The molecule has 0 atom stereocenters. The average Bonchev–Trinajstić information content (AvgIpc) is 2.53. The van der Waals surface area contributed by atoms with Crippen molar-refractivity contribution in [3.05, 3.63) is 0 Å². The molecular weight excluding hydrogens is 252 g/mol. The van der Waals surface area contributed by atoms with E-state index in [2.05, 4.69) is 0 Å². The van der Waals surface area contributed by atoms with Gasteiger partial charge in [-0.25, -0.2) is 8.42 Å². The molecule has 0 saturated carbocycles. The van der Waals surface area contributed by atoms with Crippen LogP contribution in [0.15, 0.2) is 0 Å². The molecule has 18 heavy (non-hydrogen) atoms. The number of rotatable bonds is 3. The second-order valence-corrected chi connectivity index (χ2v) is 8.47. The third-order valence-electron chi connectivity index (χ3n) is 4.08. The lowest BCUT2D eigenvalue weighted by molar-refractivity contribution is -0.142. The minimum Gasteiger partial charge on any atom is -0.340 e. The SMILES string of the molecule is CC(C)N1CCC2(CN(S(=O)(=O)C(C)C)C2)C1=O. The van der Waals surface area contributed by atoms with Crippen LogP contribution in [0.1, 0.15) is 34.1 Å². The fraction of sp³-hybridized carbons (Fsp3) is 0.917. The summed E-state index contributed by atoms with van der Waals surface area (Å²) in [6.07, 6.45) is 0.786. The van der Waals surface area contributed by atoms with Crippen molar-refractivity contribution in [2.75, 3.05) is 19.6 Å². The lowest BCUT2D eigenvalue weighted by Gasteiger charge is -2.46. The molecule has 0 unspecified atom stereocenters. The van der Waals surface area contributed by atoms with Crippen molar-refractivity contribution < 1.29 is 13.2 Å². The van der Waals surface area contributed by atoms with E-state index < -0.39 is 20.7 Å². The molecular formula is C12H22N2O3S. The Morgan fingerprint density at radius 1 is 1.17 bits per heavy atom. The molecule has 0 aromatic heterocycles. The molecule has 2 saturated heterocycles. The zero-order valence-corrected chi connectivity index (χ0v) is 12.3. The van der Waals surface area contributed by atoms with Gasteiger partial charge in [-0.15, -0.1) is 0 Å². The van der Waals surface area contributed by atoms with E-state index in [1.54, 1.807) is 13.8 Å². The van der Waals surface area contributed by atoms with Crippen LogP contribution in [0.25, 0.3) is 0 Å². The molecule has 2 aliphatic heterocycles. The van der Waals surface area contributed by atoms with Gasteiger partial charge in [0.25, 0.3) is 0 Å². The number of carbonyl (C=O) groups excluding carboxylic acids is 1. The summed E-state index contributed by atoms with van der Waals surface area (Å²) in [5, 5.41) is -0.410. The van der Waals surface area contributed by atoms with Gasteiger partial charge in [-0.05, 0) is 34.1 Å². The van der Waals surface area contributed by atoms with Crippen LogP contribution in [0, 0.1) is 5.41 Å². The monoisotopic (exact) mass is 274 g/mol. The maximum Gasteiger partial charge on any atom is 0.231 e. The van der Waals surface area contributed by atoms with Crippen molar-refractivity contribution in [1.29, 1.82) is 0 Å². The molecule has 1 amide bonds. The molecule has 2 aliphatic rings. The summed E-state index contributed by atoms with van der Waals surface area (Å²) in [7, 11) is -3.20. The minimum absolute atomic E-state index is 0.132. The van der Waals surface area contributed by atoms with Gasteiger partial charge < -0.3 is 4.90 Å². The van der Waals surface area contributed by atoms with Crippen LogP contribution in [-0.4, -0.2) is 54.5 Å². The van der Waals surface area contributed by atoms with Crippen LogP contribution in [0.2, 0.25) is 0 Å². The highest BCUT2D eigenvalue weighted by molar-refractivity contribution is 7.89. The molecule has 6 heteroatoms. The summed E-state index contributed by atoms with van der Waals surface area (Å²) in [6.45, 7) is 8.85. The van der Waals surface area contributed by atoms with Crippen LogP contribution in [0.5, 0.6) is 0 Å². The normalized spacial score (nSPS) is 24.3. The molecule has 0 bridgehead atoms. The van der Waals surface area contributed by atoms with E-state index in [0.29, 0.717) is 13.1 Å². The molecule has 2 fully saturated rings. The van der Waals surface area contributed by atoms with Crippen molar-refractivity contribution in [3.8, 4) is 0 Å². The van der Waals surface area contributed by atoms with Gasteiger partial charge in [-0.3, -0.25) is 4.79 Å². The molecule has 0 aromatic rings. The number of carbonyl (C=O) groups is 1. The Hall–Kier alpha value is -0.620. The molecule has 2 heterocycles. The first-order valence-electron chi connectivity index (χ1n) is 6.51. The van der Waals surface area contributed by atoms with Gasteiger partial charge >= 0.3 is 0 Å². The number of hydrogen-bond acceptors (Lipinski definition) is 3. The largest absolute Gasteiger partial charge is 0.340 e. The molecule has 5 nitrogen and oxygen atoms in total. The first kappa shape index (κ1) is 13.8. The second-order valence-electron chi connectivity index (χ2n) is 5.98. The molecule has 104 valence electrons. The Kier molecular flexibility index (Phi) is 3.22. The van der Waals surface area contributed by atoms with Crippen molar-refractivity contribution >= 4 is 15.9 Å². The molecule has 0 radical (unpaired) electrons. The first-order chi connectivity index (χ1) is 8.20. The Morgan fingerprint density at radius 3 is 2.11 bits per heavy atom. The first-order valence-corrected chi connectivity index (χ1v) is 8.01. The van der Waals surface area contributed by atoms with Crippen LogP contribution < -0.4 is 0 Å². The van der Waals surface area contributed by atoms with Crippen LogP contribution in [-0.2, 0) is 14.8 Å². The van der Waals surface area contributed by atoms with E-state index in [0.717, 1.165) is 13.0 Å². The summed E-state index contributed by atoms with van der Waals surface area (Å²) in [5.41, 5.74) is -0.424. The topological polar surface area (TPSA) is 57.7 Å². The molecule has 2 rings (SSSR count). The summed E-state index contributed by atoms with van der Waals surface area (Å²) < 4.78 is 25.4. The molecule has 0 N–H and O–H groups in total. The standard InChI is InChI=1S/C12H22N2O3S/c1-9(2)14-6-5-12(11(14)15)7-13(8-12)18(16,17)10(3)4/h9-10H,5-8H2,1-4H3.